The van der Waals surface area contributed by atoms with Crippen LogP contribution >= 0.6 is 0 Å². The SMILES string of the molecule is CCC[C@@]1(CO)CN(C(=O)c2cccn2C)CC[C@H]1O. The third kappa shape index (κ3) is 2.60. The number of aliphatic hydroxyl groups is 2. The molecule has 0 unspecified atom stereocenters. The number of likely N-dealkylation sites (tertiary alicyclic amines) is 1. The van der Waals surface area contributed by atoms with Crippen LogP contribution < -0.4 is 0 Å². The summed E-state index contributed by atoms with van der Waals surface area (Å²) in [6.07, 6.45) is 3.43. The molecule has 1 saturated heterocycles. The van der Waals surface area contributed by atoms with Crippen molar-refractivity contribution in [1.29, 1.82) is 0 Å². The molecule has 0 bridgehead atoms. The van der Waals surface area contributed by atoms with Crippen molar-refractivity contribution in [2.24, 2.45) is 12.5 Å². The van der Waals surface area contributed by atoms with Gasteiger partial charge in [0.25, 0.3) is 5.91 Å². The van der Waals surface area contributed by atoms with Crippen LogP contribution in [0.25, 0.3) is 0 Å². The molecule has 2 atom stereocenters. The average molecular weight is 280 g/mol. The first-order valence-corrected chi connectivity index (χ1v) is 7.23. The van der Waals surface area contributed by atoms with Gasteiger partial charge in [0, 0.05) is 31.7 Å². The van der Waals surface area contributed by atoms with Crippen molar-refractivity contribution >= 4 is 5.91 Å². The largest absolute Gasteiger partial charge is 0.396 e. The molecule has 1 aliphatic heterocycles. The highest BCUT2D eigenvalue weighted by Crippen LogP contribution is 2.35. The van der Waals surface area contributed by atoms with Crippen LogP contribution in [0.5, 0.6) is 0 Å². The minimum Gasteiger partial charge on any atom is -0.396 e. The quantitative estimate of drug-likeness (QED) is 0.865. The van der Waals surface area contributed by atoms with Crippen molar-refractivity contribution in [3.05, 3.63) is 24.0 Å². The Bertz CT molecular complexity index is 471. The maximum Gasteiger partial charge on any atom is 0.270 e. The average Bonchev–Trinajstić information content (AvgIpc) is 2.87. The fraction of sp³-hybridized carbons (Fsp3) is 0.667. The molecule has 0 spiro atoms. The number of aryl methyl sites for hydroxylation is 1. The Morgan fingerprint density at radius 2 is 2.30 bits per heavy atom. The van der Waals surface area contributed by atoms with Gasteiger partial charge < -0.3 is 19.7 Å². The van der Waals surface area contributed by atoms with Gasteiger partial charge in [0.2, 0.25) is 0 Å². The zero-order valence-corrected chi connectivity index (χ0v) is 12.2. The molecule has 20 heavy (non-hydrogen) atoms. The van der Waals surface area contributed by atoms with Gasteiger partial charge in [-0.15, -0.1) is 0 Å². The number of carbonyl (C=O) groups is 1. The van der Waals surface area contributed by atoms with Crippen molar-refractivity contribution in [1.82, 2.24) is 9.47 Å². The molecule has 0 aromatic carbocycles. The number of piperidine rings is 1. The molecule has 5 nitrogen and oxygen atoms in total. The van der Waals surface area contributed by atoms with Gasteiger partial charge in [-0.1, -0.05) is 13.3 Å². The lowest BCUT2D eigenvalue weighted by atomic mass is 9.74. The molecular weight excluding hydrogens is 256 g/mol. The van der Waals surface area contributed by atoms with E-state index in [4.69, 9.17) is 0 Å². The zero-order chi connectivity index (χ0) is 14.8. The molecule has 0 saturated carbocycles. The fourth-order valence-electron chi connectivity index (χ4n) is 3.15. The Morgan fingerprint density at radius 3 is 2.85 bits per heavy atom. The van der Waals surface area contributed by atoms with Gasteiger partial charge in [-0.2, -0.15) is 0 Å². The number of hydrogen-bond acceptors (Lipinski definition) is 3. The Labute approximate surface area is 119 Å². The Hall–Kier alpha value is -1.33. The zero-order valence-electron chi connectivity index (χ0n) is 12.2. The lowest BCUT2D eigenvalue weighted by molar-refractivity contribution is -0.0721. The summed E-state index contributed by atoms with van der Waals surface area (Å²) in [5, 5.41) is 20.0. The summed E-state index contributed by atoms with van der Waals surface area (Å²) < 4.78 is 1.80. The monoisotopic (exact) mass is 280 g/mol. The second kappa shape index (κ2) is 5.97. The van der Waals surface area contributed by atoms with Crippen LogP contribution in [0.4, 0.5) is 0 Å². The van der Waals surface area contributed by atoms with Gasteiger partial charge in [0.05, 0.1) is 12.7 Å². The fourth-order valence-corrected chi connectivity index (χ4v) is 3.15. The highest BCUT2D eigenvalue weighted by Gasteiger charge is 2.43. The van der Waals surface area contributed by atoms with Crippen molar-refractivity contribution in [2.45, 2.75) is 32.3 Å². The van der Waals surface area contributed by atoms with E-state index < -0.39 is 11.5 Å². The third-order valence-electron chi connectivity index (χ3n) is 4.40. The Morgan fingerprint density at radius 1 is 1.55 bits per heavy atom. The van der Waals surface area contributed by atoms with Gasteiger partial charge in [-0.05, 0) is 25.0 Å². The van der Waals surface area contributed by atoms with Crippen LogP contribution in [0.2, 0.25) is 0 Å². The van der Waals surface area contributed by atoms with Gasteiger partial charge in [0.15, 0.2) is 0 Å². The first-order valence-electron chi connectivity index (χ1n) is 7.23. The van der Waals surface area contributed by atoms with Gasteiger partial charge >= 0.3 is 0 Å². The Kier molecular flexibility index (Phi) is 4.50. The molecule has 1 aromatic heterocycles. The Balaban J connectivity index is 2.18. The summed E-state index contributed by atoms with van der Waals surface area (Å²) in [6, 6.07) is 3.64. The number of hydrogen-bond donors (Lipinski definition) is 2. The molecular formula is C15H24N2O3. The van der Waals surface area contributed by atoms with Crippen molar-refractivity contribution < 1.29 is 15.0 Å². The lowest BCUT2D eigenvalue weighted by Crippen LogP contribution is -2.55. The predicted molar refractivity (Wildman–Crippen MR) is 76.4 cm³/mol. The van der Waals surface area contributed by atoms with Gasteiger partial charge in [-0.3, -0.25) is 4.79 Å². The highest BCUT2D eigenvalue weighted by molar-refractivity contribution is 5.92. The summed E-state index contributed by atoms with van der Waals surface area (Å²) in [6.45, 7) is 2.90. The summed E-state index contributed by atoms with van der Waals surface area (Å²) in [5.74, 6) is -0.0293. The molecule has 112 valence electrons. The highest BCUT2D eigenvalue weighted by atomic mass is 16.3. The normalized spacial score (nSPS) is 26.8. The van der Waals surface area contributed by atoms with Crippen molar-refractivity contribution in [2.75, 3.05) is 19.7 Å². The first kappa shape index (κ1) is 15.1. The van der Waals surface area contributed by atoms with E-state index in [1.807, 2.05) is 26.2 Å². The molecule has 1 fully saturated rings. The van der Waals surface area contributed by atoms with E-state index in [0.29, 0.717) is 25.2 Å². The maximum absolute atomic E-state index is 12.5. The summed E-state index contributed by atoms with van der Waals surface area (Å²) in [4.78, 5) is 14.3. The minimum atomic E-state index is -0.576. The predicted octanol–water partition coefficient (Wildman–Crippen LogP) is 1.01. The van der Waals surface area contributed by atoms with E-state index in [2.05, 4.69) is 0 Å². The molecule has 2 heterocycles. The number of carbonyl (C=O) groups excluding carboxylic acids is 1. The number of aromatic nitrogens is 1. The van der Waals surface area contributed by atoms with Gasteiger partial charge in [-0.25, -0.2) is 0 Å². The molecule has 2 rings (SSSR count). The van der Waals surface area contributed by atoms with Crippen LogP contribution in [0.3, 0.4) is 0 Å². The topological polar surface area (TPSA) is 65.7 Å². The van der Waals surface area contributed by atoms with E-state index in [1.54, 1.807) is 15.5 Å². The number of aliphatic hydroxyl groups excluding tert-OH is 2. The van der Waals surface area contributed by atoms with E-state index in [0.717, 1.165) is 12.8 Å². The number of rotatable bonds is 4. The van der Waals surface area contributed by atoms with Crippen LogP contribution in [-0.2, 0) is 7.05 Å². The standard InChI is InChI=1S/C15H24N2O3/c1-3-7-15(11-18)10-17(9-6-13(15)19)14(20)12-5-4-8-16(12)2/h4-5,8,13,18-19H,3,6-7,9-11H2,1-2H3/t13-,15+/m1/s1. The molecule has 0 aliphatic carbocycles. The summed E-state index contributed by atoms with van der Waals surface area (Å²) in [5.41, 5.74) is 0.0677. The van der Waals surface area contributed by atoms with Gasteiger partial charge in [0.1, 0.15) is 5.69 Å². The minimum absolute atomic E-state index is 0.0293. The second-order valence-corrected chi connectivity index (χ2v) is 5.81. The third-order valence-corrected chi connectivity index (χ3v) is 4.40. The van der Waals surface area contributed by atoms with Crippen LogP contribution in [0, 0.1) is 5.41 Å². The molecule has 1 amide bonds. The number of nitrogens with zero attached hydrogens (tertiary/aromatic N) is 2. The second-order valence-electron chi connectivity index (χ2n) is 5.81. The summed E-state index contributed by atoms with van der Waals surface area (Å²) >= 11 is 0. The van der Waals surface area contributed by atoms with Crippen LogP contribution in [-0.4, -0.2) is 51.4 Å². The van der Waals surface area contributed by atoms with E-state index in [9.17, 15) is 15.0 Å². The van der Waals surface area contributed by atoms with E-state index in [-0.39, 0.29) is 12.5 Å². The van der Waals surface area contributed by atoms with Crippen LogP contribution in [0.15, 0.2) is 18.3 Å². The molecule has 1 aromatic rings. The number of amides is 1. The molecule has 2 N–H and O–H groups in total. The maximum atomic E-state index is 12.5. The first-order chi connectivity index (χ1) is 9.54. The smallest absolute Gasteiger partial charge is 0.270 e. The van der Waals surface area contributed by atoms with Crippen LogP contribution in [0.1, 0.15) is 36.7 Å². The molecule has 0 radical (unpaired) electrons. The van der Waals surface area contributed by atoms with Crippen molar-refractivity contribution in [3.63, 3.8) is 0 Å². The molecule has 5 heteroatoms. The molecule has 1 aliphatic rings. The van der Waals surface area contributed by atoms with Crippen molar-refractivity contribution in [3.8, 4) is 0 Å². The van der Waals surface area contributed by atoms with E-state index in [1.165, 1.54) is 0 Å². The lowest BCUT2D eigenvalue weighted by Gasteiger charge is -2.45. The summed E-state index contributed by atoms with van der Waals surface area (Å²) in [7, 11) is 1.84. The van der Waals surface area contributed by atoms with E-state index >= 15 is 0 Å².